The number of hydrogen-bond donors (Lipinski definition) is 1. The Morgan fingerprint density at radius 2 is 1.21 bits per heavy atom. The van der Waals surface area contributed by atoms with Crippen LogP contribution in [0.4, 0.5) is 0 Å². The summed E-state index contributed by atoms with van der Waals surface area (Å²) in [5, 5.41) is 9.01. The maximum Gasteiger partial charge on any atom is 0.312 e. The van der Waals surface area contributed by atoms with Crippen molar-refractivity contribution in [3.8, 4) is 5.75 Å². The van der Waals surface area contributed by atoms with E-state index in [1.54, 1.807) is 12.1 Å². The molecule has 2 rings (SSSR count). The fourth-order valence-electron chi connectivity index (χ4n) is 2.62. The summed E-state index contributed by atoms with van der Waals surface area (Å²) in [5.41, 5.74) is 2.02. The van der Waals surface area contributed by atoms with Crippen LogP contribution in [0.1, 0.15) is 111 Å². The molecule has 0 spiro atoms. The minimum absolute atomic E-state index is 0.113. The zero-order valence-corrected chi connectivity index (χ0v) is 22.7. The standard InChI is InChI=1S/C10H20O2.C10H14O.C10H14/c1-7-10(5,6)8(11)12-9(2,3)4;1-3-8(2)9-4-6-10(11)7-5-9;1-3-9(2)10-7-5-4-6-8-10/h7H2,1-6H3;4-8,11H,3H2,1-2H3;4-9H,3H2,1-2H3. The van der Waals surface area contributed by atoms with Gasteiger partial charge in [0.2, 0.25) is 0 Å². The molecule has 0 aliphatic carbocycles. The SMILES string of the molecule is CCC(C)(C)C(=O)OC(C)(C)C.CCC(C)c1ccc(O)cc1.CCC(C)c1ccccc1. The minimum Gasteiger partial charge on any atom is -0.508 e. The normalized spacial score (nSPS) is 12.9. The summed E-state index contributed by atoms with van der Waals surface area (Å²) in [4.78, 5) is 11.5. The van der Waals surface area contributed by atoms with E-state index in [1.807, 2.05) is 53.7 Å². The third-order valence-electron chi connectivity index (χ3n) is 5.89. The molecule has 0 fully saturated rings. The molecule has 2 aromatic rings. The second-order valence-corrected chi connectivity index (χ2v) is 10.4. The number of aromatic hydroxyl groups is 1. The lowest BCUT2D eigenvalue weighted by Crippen LogP contribution is -2.33. The number of ether oxygens (including phenoxy) is 1. The Kier molecular flexibility index (Phi) is 13.8. The van der Waals surface area contributed by atoms with Gasteiger partial charge in [0.1, 0.15) is 11.4 Å². The van der Waals surface area contributed by atoms with Gasteiger partial charge in [-0.25, -0.2) is 0 Å². The first-order valence-corrected chi connectivity index (χ1v) is 12.3. The summed E-state index contributed by atoms with van der Waals surface area (Å²) in [6.45, 7) is 20.3. The van der Waals surface area contributed by atoms with Crippen LogP contribution < -0.4 is 0 Å². The van der Waals surface area contributed by atoms with Crippen LogP contribution in [0, 0.1) is 5.41 Å². The summed E-state index contributed by atoms with van der Waals surface area (Å²) < 4.78 is 5.25. The van der Waals surface area contributed by atoms with Crippen molar-refractivity contribution >= 4 is 5.97 Å². The molecule has 1 N–H and O–H groups in total. The van der Waals surface area contributed by atoms with Crippen LogP contribution in [0.2, 0.25) is 0 Å². The van der Waals surface area contributed by atoms with Crippen molar-refractivity contribution in [1.82, 2.24) is 0 Å². The van der Waals surface area contributed by atoms with E-state index in [0.29, 0.717) is 17.6 Å². The molecule has 0 saturated heterocycles. The molecule has 2 unspecified atom stereocenters. The number of phenolic OH excluding ortho intramolecular Hbond substituents is 1. The number of carbonyl (C=O) groups excluding carboxylic acids is 1. The van der Waals surface area contributed by atoms with Crippen molar-refractivity contribution in [3.63, 3.8) is 0 Å². The van der Waals surface area contributed by atoms with E-state index in [0.717, 1.165) is 12.8 Å². The van der Waals surface area contributed by atoms with E-state index in [9.17, 15) is 4.79 Å². The number of rotatable bonds is 6. The monoisotopic (exact) mass is 456 g/mol. The number of carbonyl (C=O) groups is 1. The van der Waals surface area contributed by atoms with Crippen LogP contribution in [-0.2, 0) is 9.53 Å². The van der Waals surface area contributed by atoms with E-state index in [4.69, 9.17) is 9.84 Å². The van der Waals surface area contributed by atoms with Gasteiger partial charge in [0.25, 0.3) is 0 Å². The van der Waals surface area contributed by atoms with Crippen molar-refractivity contribution in [1.29, 1.82) is 0 Å². The highest BCUT2D eigenvalue weighted by molar-refractivity contribution is 5.76. The van der Waals surface area contributed by atoms with Gasteiger partial charge in [0, 0.05) is 0 Å². The van der Waals surface area contributed by atoms with Gasteiger partial charge in [0.15, 0.2) is 0 Å². The second kappa shape index (κ2) is 14.8. The van der Waals surface area contributed by atoms with E-state index in [1.165, 1.54) is 17.5 Å². The fraction of sp³-hybridized carbons (Fsp3) is 0.567. The zero-order chi connectivity index (χ0) is 25.7. The fourth-order valence-corrected chi connectivity index (χ4v) is 2.62. The molecule has 0 aliphatic rings. The van der Waals surface area contributed by atoms with Crippen LogP contribution in [0.3, 0.4) is 0 Å². The molecular formula is C30H48O3. The van der Waals surface area contributed by atoms with Crippen molar-refractivity contribution < 1.29 is 14.6 Å². The van der Waals surface area contributed by atoms with E-state index in [-0.39, 0.29) is 17.0 Å². The van der Waals surface area contributed by atoms with Gasteiger partial charge in [0.05, 0.1) is 5.41 Å². The lowest BCUT2D eigenvalue weighted by Gasteiger charge is -2.27. The second-order valence-electron chi connectivity index (χ2n) is 10.4. The molecule has 3 nitrogen and oxygen atoms in total. The van der Waals surface area contributed by atoms with Crippen LogP contribution >= 0.6 is 0 Å². The van der Waals surface area contributed by atoms with Gasteiger partial charge in [-0.3, -0.25) is 4.79 Å². The highest BCUT2D eigenvalue weighted by atomic mass is 16.6. The predicted octanol–water partition coefficient (Wildman–Crippen LogP) is 8.87. The Balaban J connectivity index is 0.000000467. The average Bonchev–Trinajstić information content (AvgIpc) is 2.78. The first kappa shape index (κ1) is 30.7. The lowest BCUT2D eigenvalue weighted by molar-refractivity contribution is -0.165. The summed E-state index contributed by atoms with van der Waals surface area (Å²) in [6.07, 6.45) is 3.18. The number of phenols is 1. The van der Waals surface area contributed by atoms with Crippen LogP contribution in [0.15, 0.2) is 54.6 Å². The summed E-state index contributed by atoms with van der Waals surface area (Å²) in [6, 6.07) is 18.1. The van der Waals surface area contributed by atoms with Crippen LogP contribution in [-0.4, -0.2) is 16.7 Å². The van der Waals surface area contributed by atoms with Crippen molar-refractivity contribution in [2.45, 2.75) is 106 Å². The lowest BCUT2D eigenvalue weighted by atomic mass is 9.90. The molecule has 0 aliphatic heterocycles. The highest BCUT2D eigenvalue weighted by Crippen LogP contribution is 2.24. The van der Waals surface area contributed by atoms with Crippen molar-refractivity contribution in [2.24, 2.45) is 5.41 Å². The first-order valence-electron chi connectivity index (χ1n) is 12.3. The summed E-state index contributed by atoms with van der Waals surface area (Å²) in [5.74, 6) is 1.53. The smallest absolute Gasteiger partial charge is 0.312 e. The van der Waals surface area contributed by atoms with Crippen LogP contribution in [0.5, 0.6) is 5.75 Å². The number of hydrogen-bond acceptors (Lipinski definition) is 3. The average molecular weight is 457 g/mol. The molecule has 3 heteroatoms. The predicted molar refractivity (Wildman–Crippen MR) is 142 cm³/mol. The highest BCUT2D eigenvalue weighted by Gasteiger charge is 2.30. The van der Waals surface area contributed by atoms with Crippen molar-refractivity contribution in [2.75, 3.05) is 0 Å². The number of esters is 1. The van der Waals surface area contributed by atoms with Gasteiger partial charge in [-0.1, -0.05) is 77.1 Å². The Morgan fingerprint density at radius 3 is 1.58 bits per heavy atom. The molecule has 33 heavy (non-hydrogen) atoms. The third-order valence-corrected chi connectivity index (χ3v) is 5.89. The topological polar surface area (TPSA) is 46.5 Å². The van der Waals surface area contributed by atoms with Gasteiger partial charge in [-0.2, -0.15) is 0 Å². The molecule has 2 atom stereocenters. The van der Waals surface area contributed by atoms with Gasteiger partial charge in [-0.15, -0.1) is 0 Å². The molecule has 0 radical (unpaired) electrons. The molecule has 0 aromatic heterocycles. The minimum atomic E-state index is -0.372. The largest absolute Gasteiger partial charge is 0.508 e. The quantitative estimate of drug-likeness (QED) is 0.441. The van der Waals surface area contributed by atoms with E-state index < -0.39 is 0 Å². The Morgan fingerprint density at radius 1 is 0.788 bits per heavy atom. The van der Waals surface area contributed by atoms with Gasteiger partial charge >= 0.3 is 5.97 Å². The Hall–Kier alpha value is -2.29. The molecular weight excluding hydrogens is 408 g/mol. The van der Waals surface area contributed by atoms with Gasteiger partial charge < -0.3 is 9.84 Å². The molecule has 0 bridgehead atoms. The van der Waals surface area contributed by atoms with E-state index in [2.05, 4.69) is 58.0 Å². The molecule has 0 heterocycles. The Labute approximate surface area is 203 Å². The molecule has 186 valence electrons. The zero-order valence-electron chi connectivity index (χ0n) is 22.7. The summed E-state index contributed by atoms with van der Waals surface area (Å²) >= 11 is 0. The third kappa shape index (κ3) is 13.1. The first-order chi connectivity index (χ1) is 15.3. The number of benzene rings is 2. The Bertz CT molecular complexity index is 770. The van der Waals surface area contributed by atoms with Gasteiger partial charge in [-0.05, 0) is 89.0 Å². The van der Waals surface area contributed by atoms with Crippen molar-refractivity contribution in [3.05, 3.63) is 65.7 Å². The summed E-state index contributed by atoms with van der Waals surface area (Å²) in [7, 11) is 0. The molecule has 2 aromatic carbocycles. The van der Waals surface area contributed by atoms with Crippen LogP contribution in [0.25, 0.3) is 0 Å². The van der Waals surface area contributed by atoms with E-state index >= 15 is 0 Å². The molecule has 0 amide bonds. The maximum atomic E-state index is 11.5. The molecule has 0 saturated carbocycles. The maximum absolute atomic E-state index is 11.5.